The predicted molar refractivity (Wildman–Crippen MR) is 76.1 cm³/mol. The van der Waals surface area contributed by atoms with Gasteiger partial charge in [-0.05, 0) is 35.9 Å². The Bertz CT molecular complexity index is 697. The summed E-state index contributed by atoms with van der Waals surface area (Å²) in [5, 5.41) is 19.1. The second-order valence-electron chi connectivity index (χ2n) is 4.29. The van der Waals surface area contributed by atoms with E-state index in [4.69, 9.17) is 0 Å². The lowest BCUT2D eigenvalue weighted by molar-refractivity contribution is 0.0989. The van der Waals surface area contributed by atoms with Crippen LogP contribution < -0.4 is 0 Å². The van der Waals surface area contributed by atoms with Crippen molar-refractivity contribution in [3.8, 4) is 11.5 Å². The summed E-state index contributed by atoms with van der Waals surface area (Å²) < 4.78 is 0.927. The maximum Gasteiger partial charge on any atom is 0.168 e. The van der Waals surface area contributed by atoms with Gasteiger partial charge in [0.1, 0.15) is 0 Å². The van der Waals surface area contributed by atoms with E-state index in [9.17, 15) is 15.0 Å². The van der Waals surface area contributed by atoms with Crippen molar-refractivity contribution < 1.29 is 15.0 Å². The van der Waals surface area contributed by atoms with E-state index in [0.717, 1.165) is 14.9 Å². The number of rotatable bonds is 0. The van der Waals surface area contributed by atoms with Crippen LogP contribution in [-0.2, 0) is 6.42 Å². The number of aromatic hydroxyl groups is 2. The summed E-state index contributed by atoms with van der Waals surface area (Å²) in [6.07, 6.45) is 0.291. The fourth-order valence-corrected chi connectivity index (χ4v) is 3.53. The number of hydrogen-bond acceptors (Lipinski definition) is 4. The smallest absolute Gasteiger partial charge is 0.168 e. The Balaban J connectivity index is 2.18. The fraction of sp³-hybridized carbons (Fsp3) is 0.0714. The quantitative estimate of drug-likeness (QED) is 0.719. The number of ketones is 1. The van der Waals surface area contributed by atoms with Crippen LogP contribution in [0.2, 0.25) is 0 Å². The summed E-state index contributed by atoms with van der Waals surface area (Å²) in [5.41, 5.74) is 1.40. The van der Waals surface area contributed by atoms with Crippen molar-refractivity contribution in [1.82, 2.24) is 0 Å². The van der Waals surface area contributed by atoms with Gasteiger partial charge in [-0.3, -0.25) is 4.79 Å². The van der Waals surface area contributed by atoms with Crippen molar-refractivity contribution in [2.45, 2.75) is 16.2 Å². The molecule has 0 saturated carbocycles. The summed E-state index contributed by atoms with van der Waals surface area (Å²) in [6, 6.07) is 8.55. The van der Waals surface area contributed by atoms with E-state index >= 15 is 0 Å². The Morgan fingerprint density at radius 3 is 2.58 bits per heavy atom. The fourth-order valence-electron chi connectivity index (χ4n) is 2.03. The molecule has 1 aliphatic rings. The van der Waals surface area contributed by atoms with E-state index in [-0.39, 0.29) is 17.3 Å². The van der Waals surface area contributed by atoms with Crippen molar-refractivity contribution in [3.63, 3.8) is 0 Å². The van der Waals surface area contributed by atoms with Crippen LogP contribution in [0.1, 0.15) is 15.9 Å². The van der Waals surface area contributed by atoms with E-state index in [1.807, 2.05) is 18.2 Å². The van der Waals surface area contributed by atoms with Gasteiger partial charge in [-0.15, -0.1) is 0 Å². The Morgan fingerprint density at radius 1 is 1.05 bits per heavy atom. The molecule has 5 heteroatoms. The maximum absolute atomic E-state index is 12.2. The number of carbonyl (C=O) groups excluding carboxylic acids is 1. The third kappa shape index (κ3) is 2.24. The number of halogens is 1. The minimum Gasteiger partial charge on any atom is -0.504 e. The third-order valence-corrected chi connectivity index (χ3v) is 4.64. The van der Waals surface area contributed by atoms with Gasteiger partial charge < -0.3 is 10.2 Å². The average molecular weight is 337 g/mol. The Labute approximate surface area is 122 Å². The van der Waals surface area contributed by atoms with Crippen LogP contribution in [0, 0.1) is 0 Å². The van der Waals surface area contributed by atoms with Crippen LogP contribution in [0.3, 0.4) is 0 Å². The monoisotopic (exact) mass is 336 g/mol. The molecule has 1 heterocycles. The largest absolute Gasteiger partial charge is 0.504 e. The number of fused-ring (bicyclic) bond motifs is 2. The molecular formula is C14H9BrO3S. The molecular weight excluding hydrogens is 328 g/mol. The van der Waals surface area contributed by atoms with Gasteiger partial charge in [-0.1, -0.05) is 27.7 Å². The third-order valence-electron chi connectivity index (χ3n) is 2.97. The van der Waals surface area contributed by atoms with Gasteiger partial charge in [0.15, 0.2) is 17.3 Å². The molecule has 2 N–H and O–H groups in total. The summed E-state index contributed by atoms with van der Waals surface area (Å²) >= 11 is 4.82. The first-order valence-corrected chi connectivity index (χ1v) is 7.21. The number of phenols is 2. The molecule has 19 heavy (non-hydrogen) atoms. The molecule has 0 amide bonds. The lowest BCUT2D eigenvalue weighted by Crippen LogP contribution is -2.03. The topological polar surface area (TPSA) is 57.5 Å². The van der Waals surface area contributed by atoms with Gasteiger partial charge in [0.25, 0.3) is 0 Å². The van der Waals surface area contributed by atoms with Crippen LogP contribution >= 0.6 is 27.7 Å². The molecule has 0 radical (unpaired) electrons. The van der Waals surface area contributed by atoms with Crippen molar-refractivity contribution >= 4 is 33.5 Å². The van der Waals surface area contributed by atoms with Gasteiger partial charge in [0.2, 0.25) is 0 Å². The van der Waals surface area contributed by atoms with Crippen LogP contribution in [0.25, 0.3) is 0 Å². The zero-order valence-electron chi connectivity index (χ0n) is 9.68. The van der Waals surface area contributed by atoms with Crippen LogP contribution in [-0.4, -0.2) is 16.0 Å². The lowest BCUT2D eigenvalue weighted by Gasteiger charge is -2.06. The minimum atomic E-state index is -0.264. The van der Waals surface area contributed by atoms with Gasteiger partial charge >= 0.3 is 0 Å². The molecule has 96 valence electrons. The Kier molecular flexibility index (Phi) is 3.03. The Morgan fingerprint density at radius 2 is 1.79 bits per heavy atom. The summed E-state index contributed by atoms with van der Waals surface area (Å²) in [4.78, 5) is 13.9. The molecule has 2 aromatic carbocycles. The van der Waals surface area contributed by atoms with E-state index in [1.54, 1.807) is 0 Å². The number of hydrogen-bond donors (Lipinski definition) is 2. The highest BCUT2D eigenvalue weighted by molar-refractivity contribution is 9.10. The molecule has 0 aromatic heterocycles. The van der Waals surface area contributed by atoms with E-state index in [2.05, 4.69) is 15.9 Å². The van der Waals surface area contributed by atoms with Crippen LogP contribution in [0.4, 0.5) is 0 Å². The number of benzene rings is 2. The predicted octanol–water partition coefficient (Wildman–Crippen LogP) is 3.75. The summed E-state index contributed by atoms with van der Waals surface area (Å²) in [7, 11) is 0. The van der Waals surface area contributed by atoms with Gasteiger partial charge in [-0.25, -0.2) is 0 Å². The second kappa shape index (κ2) is 4.58. The highest BCUT2D eigenvalue weighted by Crippen LogP contribution is 2.42. The van der Waals surface area contributed by atoms with E-state index in [1.165, 1.54) is 23.9 Å². The van der Waals surface area contributed by atoms with Crippen molar-refractivity contribution in [2.75, 3.05) is 0 Å². The van der Waals surface area contributed by atoms with Gasteiger partial charge in [0, 0.05) is 26.2 Å². The summed E-state index contributed by atoms with van der Waals surface area (Å²) in [5.74, 6) is -0.533. The molecule has 3 nitrogen and oxygen atoms in total. The molecule has 0 spiro atoms. The van der Waals surface area contributed by atoms with Crippen molar-refractivity contribution in [1.29, 1.82) is 0 Å². The molecule has 0 atom stereocenters. The van der Waals surface area contributed by atoms with Gasteiger partial charge in [-0.2, -0.15) is 0 Å². The molecule has 2 aromatic rings. The molecule has 0 unspecified atom stereocenters. The Hall–Kier alpha value is -1.46. The number of carbonyl (C=O) groups is 1. The first-order valence-electron chi connectivity index (χ1n) is 5.60. The second-order valence-corrected chi connectivity index (χ2v) is 6.29. The number of Topliss-reactive ketones (excluding diaryl/α,β-unsaturated/α-hetero) is 1. The molecule has 0 bridgehead atoms. The van der Waals surface area contributed by atoms with E-state index in [0.29, 0.717) is 16.9 Å². The zero-order chi connectivity index (χ0) is 13.6. The van der Waals surface area contributed by atoms with Crippen molar-refractivity contribution in [2.24, 2.45) is 0 Å². The molecule has 1 aliphatic heterocycles. The molecule has 0 saturated heterocycles. The normalized spacial score (nSPS) is 13.6. The number of phenolic OH excluding ortho intramolecular Hbond substituents is 2. The van der Waals surface area contributed by atoms with Crippen LogP contribution in [0.5, 0.6) is 11.5 Å². The highest BCUT2D eigenvalue weighted by atomic mass is 79.9. The first kappa shape index (κ1) is 12.6. The summed E-state index contributed by atoms with van der Waals surface area (Å²) in [6.45, 7) is 0. The first-order chi connectivity index (χ1) is 9.04. The molecule has 0 fully saturated rings. The SMILES string of the molecule is O=C1Cc2cc(Br)ccc2Sc2cc(O)c(O)cc21. The van der Waals surface area contributed by atoms with E-state index < -0.39 is 0 Å². The standard InChI is InChI=1S/C14H9BrO3S/c15-8-1-2-13-7(3-8)4-10(16)9-5-11(17)12(18)6-14(9)19-13/h1-3,5-6,17-18H,4H2. The average Bonchev–Trinajstić information content (AvgIpc) is 2.47. The highest BCUT2D eigenvalue weighted by Gasteiger charge is 2.22. The van der Waals surface area contributed by atoms with Gasteiger partial charge in [0.05, 0.1) is 0 Å². The minimum absolute atomic E-state index is 0.0605. The maximum atomic E-state index is 12.2. The zero-order valence-corrected chi connectivity index (χ0v) is 12.1. The van der Waals surface area contributed by atoms with Crippen LogP contribution in [0.15, 0.2) is 44.6 Å². The lowest BCUT2D eigenvalue weighted by atomic mass is 10.0. The van der Waals surface area contributed by atoms with Crippen molar-refractivity contribution in [3.05, 3.63) is 45.9 Å². The molecule has 0 aliphatic carbocycles. The molecule has 3 rings (SSSR count).